The number of allylic oxidation sites excluding steroid dienone is 1. The van der Waals surface area contributed by atoms with Gasteiger partial charge in [0.05, 0.1) is 18.8 Å². The molecule has 5 nitrogen and oxygen atoms in total. The monoisotopic (exact) mass is 392 g/mol. The number of thioether (sulfide) groups is 1. The first-order valence-corrected chi connectivity index (χ1v) is 10.3. The fourth-order valence-electron chi connectivity index (χ4n) is 3.81. The van der Waals surface area contributed by atoms with Crippen LogP contribution in [0.15, 0.2) is 65.2 Å². The summed E-state index contributed by atoms with van der Waals surface area (Å²) in [4.78, 5) is 16.1. The number of hydrogen-bond acceptors (Lipinski definition) is 4. The van der Waals surface area contributed by atoms with Gasteiger partial charge in [-0.1, -0.05) is 42.5 Å². The maximum atomic E-state index is 13.0. The number of nitrogens with zero attached hydrogens (tertiary/aromatic N) is 2. The fourth-order valence-corrected chi connectivity index (χ4v) is 5.01. The predicted octanol–water partition coefficient (Wildman–Crippen LogP) is 2.49. The smallest absolute Gasteiger partial charge is 0.232 e. The van der Waals surface area contributed by atoms with Crippen LogP contribution in [0.1, 0.15) is 23.5 Å². The van der Waals surface area contributed by atoms with Gasteiger partial charge in [-0.3, -0.25) is 9.69 Å². The summed E-state index contributed by atoms with van der Waals surface area (Å²) in [5.41, 5.74) is 2.90. The number of nitrogens with one attached hydrogen (secondary N) is 1. The number of carbonyl (C=O) groups excluding carboxylic acids is 1. The minimum Gasteiger partial charge on any atom is -0.497 e. The Labute approximate surface area is 169 Å². The maximum Gasteiger partial charge on any atom is 0.232 e. The van der Waals surface area contributed by atoms with Crippen molar-refractivity contribution in [2.24, 2.45) is 0 Å². The quantitative estimate of drug-likeness (QED) is 0.869. The van der Waals surface area contributed by atoms with Crippen molar-refractivity contribution in [1.29, 1.82) is 5.26 Å². The van der Waals surface area contributed by atoms with Crippen LogP contribution in [0.2, 0.25) is 0 Å². The van der Waals surface area contributed by atoms with E-state index in [1.165, 1.54) is 10.5 Å². The summed E-state index contributed by atoms with van der Waals surface area (Å²) in [6, 6.07) is 20.4. The molecule has 1 unspecified atom stereocenters. The zero-order chi connectivity index (χ0) is 19.5. The van der Waals surface area contributed by atoms with E-state index in [0.717, 1.165) is 28.8 Å². The molecule has 2 aromatic carbocycles. The molecule has 2 heterocycles. The van der Waals surface area contributed by atoms with Crippen LogP contribution >= 0.6 is 11.8 Å². The molecule has 142 valence electrons. The topological polar surface area (TPSA) is 57.8 Å². The second kappa shape index (κ2) is 8.09. The van der Waals surface area contributed by atoms with E-state index < -0.39 is 0 Å². The maximum absolute atomic E-state index is 13.0. The van der Waals surface area contributed by atoms with Crippen LogP contribution in [-0.4, -0.2) is 30.5 Å². The number of methoxy groups -OCH3 is 1. The molecule has 2 aliphatic heterocycles. The van der Waals surface area contributed by atoms with E-state index in [4.69, 9.17) is 4.74 Å². The molecular formula is C22H22N3O2S+. The Balaban J connectivity index is 1.60. The first-order chi connectivity index (χ1) is 13.7. The minimum absolute atomic E-state index is 0.0829. The van der Waals surface area contributed by atoms with Gasteiger partial charge in [0.15, 0.2) is 6.67 Å². The lowest BCUT2D eigenvalue weighted by Gasteiger charge is -2.39. The Hall–Kier alpha value is -2.75. The summed E-state index contributed by atoms with van der Waals surface area (Å²) >= 11 is 1.61. The lowest BCUT2D eigenvalue weighted by Crippen LogP contribution is -3.12. The standard InChI is InChI=1S/C22H21N3O2S/c1-27-18-9-5-8-17(10-18)19-11-21(26)25-14-24(13-16-6-3-2-4-7-16)15-28-22(25)20(19)12-23/h2-10,19H,11,13-15H2,1H3/p+1/t19-/m1/s1. The number of amides is 1. The van der Waals surface area contributed by atoms with E-state index in [0.29, 0.717) is 18.7 Å². The SMILES string of the molecule is COc1cccc([C@H]2CC(=O)N3C[NH+](Cc4ccccc4)CSC3=C2C#N)c1. The van der Waals surface area contributed by atoms with Gasteiger partial charge in [-0.15, -0.1) is 0 Å². The summed E-state index contributed by atoms with van der Waals surface area (Å²) in [6.07, 6.45) is 0.318. The van der Waals surface area contributed by atoms with Crippen molar-refractivity contribution in [2.75, 3.05) is 19.7 Å². The number of rotatable bonds is 4. The van der Waals surface area contributed by atoms with Gasteiger partial charge >= 0.3 is 0 Å². The molecule has 0 aromatic heterocycles. The second-order valence-electron chi connectivity index (χ2n) is 7.04. The summed E-state index contributed by atoms with van der Waals surface area (Å²) < 4.78 is 5.32. The predicted molar refractivity (Wildman–Crippen MR) is 108 cm³/mol. The van der Waals surface area contributed by atoms with Gasteiger partial charge in [0.2, 0.25) is 5.91 Å². The number of ether oxygens (including phenoxy) is 1. The van der Waals surface area contributed by atoms with Crippen LogP contribution in [0, 0.1) is 11.3 Å². The highest BCUT2D eigenvalue weighted by molar-refractivity contribution is 8.02. The molecule has 0 radical (unpaired) electrons. The number of nitriles is 1. The Bertz CT molecular complexity index is 952. The third-order valence-electron chi connectivity index (χ3n) is 5.21. The minimum atomic E-state index is -0.206. The van der Waals surface area contributed by atoms with Crippen molar-refractivity contribution in [3.05, 3.63) is 76.3 Å². The average molecular weight is 393 g/mol. The zero-order valence-electron chi connectivity index (χ0n) is 15.7. The van der Waals surface area contributed by atoms with Crippen LogP contribution < -0.4 is 9.64 Å². The summed E-state index contributed by atoms with van der Waals surface area (Å²) in [7, 11) is 1.62. The van der Waals surface area contributed by atoms with Crippen molar-refractivity contribution >= 4 is 17.7 Å². The van der Waals surface area contributed by atoms with Crippen LogP contribution in [0.3, 0.4) is 0 Å². The zero-order valence-corrected chi connectivity index (χ0v) is 16.5. The number of carbonyl (C=O) groups is 1. The fraction of sp³-hybridized carbons (Fsp3) is 0.273. The van der Waals surface area contributed by atoms with Gasteiger partial charge < -0.3 is 9.64 Å². The van der Waals surface area contributed by atoms with Gasteiger partial charge in [-0.25, -0.2) is 0 Å². The molecule has 4 rings (SSSR count). The van der Waals surface area contributed by atoms with Gasteiger partial charge in [0, 0.05) is 17.9 Å². The van der Waals surface area contributed by atoms with E-state index in [2.05, 4.69) is 18.2 Å². The van der Waals surface area contributed by atoms with Gasteiger partial charge in [-0.2, -0.15) is 5.26 Å². The van der Waals surface area contributed by atoms with Gasteiger partial charge in [-0.05, 0) is 29.5 Å². The molecule has 28 heavy (non-hydrogen) atoms. The van der Waals surface area contributed by atoms with Crippen molar-refractivity contribution in [3.8, 4) is 11.8 Å². The van der Waals surface area contributed by atoms with E-state index in [-0.39, 0.29) is 11.8 Å². The van der Waals surface area contributed by atoms with E-state index >= 15 is 0 Å². The normalized spacial score (nSPS) is 21.9. The van der Waals surface area contributed by atoms with Crippen LogP contribution in [0.5, 0.6) is 5.75 Å². The third kappa shape index (κ3) is 3.64. The molecular weight excluding hydrogens is 370 g/mol. The van der Waals surface area contributed by atoms with Crippen LogP contribution in [0.4, 0.5) is 0 Å². The highest BCUT2D eigenvalue weighted by Gasteiger charge is 2.39. The van der Waals surface area contributed by atoms with E-state index in [1.807, 2.05) is 47.4 Å². The molecule has 2 aliphatic rings. The molecule has 6 heteroatoms. The van der Waals surface area contributed by atoms with Crippen molar-refractivity contribution in [2.45, 2.75) is 18.9 Å². The highest BCUT2D eigenvalue weighted by Crippen LogP contribution is 2.41. The number of quaternary nitrogens is 1. The average Bonchev–Trinajstić information content (AvgIpc) is 2.74. The lowest BCUT2D eigenvalue weighted by atomic mass is 9.86. The van der Waals surface area contributed by atoms with Crippen LogP contribution in [-0.2, 0) is 11.3 Å². The van der Waals surface area contributed by atoms with E-state index in [1.54, 1.807) is 18.9 Å². The third-order valence-corrected chi connectivity index (χ3v) is 6.48. The lowest BCUT2D eigenvalue weighted by molar-refractivity contribution is -0.910. The summed E-state index contributed by atoms with van der Waals surface area (Å²) in [5.74, 6) is 1.45. The van der Waals surface area contributed by atoms with Gasteiger partial charge in [0.25, 0.3) is 0 Å². The molecule has 1 amide bonds. The number of fused-ring (bicyclic) bond motifs is 1. The van der Waals surface area contributed by atoms with Crippen LogP contribution in [0.25, 0.3) is 0 Å². The Morgan fingerprint density at radius 3 is 2.82 bits per heavy atom. The summed E-state index contributed by atoms with van der Waals surface area (Å²) in [5, 5.41) is 10.7. The molecule has 2 aromatic rings. The molecule has 0 spiro atoms. The van der Waals surface area contributed by atoms with Crippen molar-refractivity contribution in [3.63, 3.8) is 0 Å². The molecule has 1 N–H and O–H groups in total. The highest BCUT2D eigenvalue weighted by atomic mass is 32.2. The second-order valence-corrected chi connectivity index (χ2v) is 8.01. The first-order valence-electron chi connectivity index (χ1n) is 9.28. The largest absolute Gasteiger partial charge is 0.497 e. The number of hydrogen-bond donors (Lipinski definition) is 1. The Morgan fingerprint density at radius 1 is 1.25 bits per heavy atom. The molecule has 0 aliphatic carbocycles. The first kappa shape index (κ1) is 18.6. The molecule has 1 fully saturated rings. The van der Waals surface area contributed by atoms with Crippen molar-refractivity contribution in [1.82, 2.24) is 4.90 Å². The Morgan fingerprint density at radius 2 is 2.07 bits per heavy atom. The van der Waals surface area contributed by atoms with Crippen molar-refractivity contribution < 1.29 is 14.4 Å². The molecule has 0 saturated carbocycles. The van der Waals surface area contributed by atoms with E-state index in [9.17, 15) is 10.1 Å². The molecule has 1 saturated heterocycles. The van der Waals surface area contributed by atoms with Gasteiger partial charge in [0.1, 0.15) is 23.2 Å². The number of benzene rings is 2. The summed E-state index contributed by atoms with van der Waals surface area (Å²) in [6.45, 7) is 1.47. The molecule has 2 atom stereocenters. The Kier molecular flexibility index (Phi) is 5.38. The molecule has 0 bridgehead atoms.